The van der Waals surface area contributed by atoms with Gasteiger partial charge in [-0.3, -0.25) is 4.79 Å². The van der Waals surface area contributed by atoms with Crippen molar-refractivity contribution in [2.45, 2.75) is 58.7 Å². The standard InChI is InChI=1S/C21H27NO2/c1-14(11-13-19-21(3,4)24-19)10-12-17-15(2)20(23)16-8-6-7-9-18(16)22(17)5/h6-10,19H,11-13H2,1-5H3/b14-10+/t19-/m0/s1. The predicted molar refractivity (Wildman–Crippen MR) is 99.6 cm³/mol. The summed E-state index contributed by atoms with van der Waals surface area (Å²) in [6.45, 7) is 8.40. The SMILES string of the molecule is C/C(=C\Cc1c(C)c(=O)c2ccccc2n1C)CC[C@@H]1OC1(C)C. The Bertz CT molecular complexity index is 858. The van der Waals surface area contributed by atoms with Gasteiger partial charge in [0.2, 0.25) is 0 Å². The Morgan fingerprint density at radius 2 is 2.00 bits per heavy atom. The highest BCUT2D eigenvalue weighted by Gasteiger charge is 2.46. The van der Waals surface area contributed by atoms with E-state index < -0.39 is 0 Å². The number of fused-ring (bicyclic) bond motifs is 1. The molecule has 1 saturated heterocycles. The van der Waals surface area contributed by atoms with Crippen molar-refractivity contribution < 1.29 is 4.74 Å². The lowest BCUT2D eigenvalue weighted by molar-refractivity contribution is 0.320. The van der Waals surface area contributed by atoms with Gasteiger partial charge in [0.15, 0.2) is 5.43 Å². The molecule has 0 N–H and O–H groups in total. The molecule has 1 aromatic heterocycles. The fourth-order valence-electron chi connectivity index (χ4n) is 3.45. The van der Waals surface area contributed by atoms with E-state index in [9.17, 15) is 4.79 Å². The van der Waals surface area contributed by atoms with E-state index in [0.717, 1.165) is 41.4 Å². The van der Waals surface area contributed by atoms with Gasteiger partial charge in [-0.25, -0.2) is 0 Å². The lowest BCUT2D eigenvalue weighted by atomic mass is 10.0. The van der Waals surface area contributed by atoms with Gasteiger partial charge in [0.25, 0.3) is 0 Å². The number of rotatable bonds is 5. The van der Waals surface area contributed by atoms with Gasteiger partial charge in [-0.05, 0) is 52.7 Å². The molecule has 24 heavy (non-hydrogen) atoms. The van der Waals surface area contributed by atoms with Crippen molar-refractivity contribution >= 4 is 10.9 Å². The van der Waals surface area contributed by atoms with Crippen LogP contribution in [0, 0.1) is 6.92 Å². The van der Waals surface area contributed by atoms with Crippen molar-refractivity contribution in [3.05, 3.63) is 57.4 Å². The highest BCUT2D eigenvalue weighted by Crippen LogP contribution is 2.38. The zero-order valence-corrected chi connectivity index (χ0v) is 15.3. The molecule has 1 aromatic carbocycles. The van der Waals surface area contributed by atoms with Crippen LogP contribution in [0.25, 0.3) is 10.9 Å². The summed E-state index contributed by atoms with van der Waals surface area (Å²) in [5, 5.41) is 0.801. The van der Waals surface area contributed by atoms with Crippen LogP contribution in [0.4, 0.5) is 0 Å². The van der Waals surface area contributed by atoms with E-state index in [1.54, 1.807) is 0 Å². The van der Waals surface area contributed by atoms with Crippen LogP contribution in [0.5, 0.6) is 0 Å². The number of hydrogen-bond acceptors (Lipinski definition) is 2. The average Bonchev–Trinajstić information content (AvgIpc) is 3.18. The largest absolute Gasteiger partial charge is 0.367 e. The fourth-order valence-corrected chi connectivity index (χ4v) is 3.45. The van der Waals surface area contributed by atoms with Crippen LogP contribution < -0.4 is 5.43 Å². The molecule has 0 spiro atoms. The van der Waals surface area contributed by atoms with Crippen molar-refractivity contribution in [2.75, 3.05) is 0 Å². The molecule has 128 valence electrons. The Morgan fingerprint density at radius 3 is 2.67 bits per heavy atom. The number of nitrogens with zero attached hydrogens (tertiary/aromatic N) is 1. The average molecular weight is 325 g/mol. The Kier molecular flexibility index (Phi) is 4.39. The first-order valence-electron chi connectivity index (χ1n) is 8.72. The number of aromatic nitrogens is 1. The molecule has 2 aromatic rings. The summed E-state index contributed by atoms with van der Waals surface area (Å²) < 4.78 is 7.80. The Labute approximate surface area is 144 Å². The van der Waals surface area contributed by atoms with E-state index >= 15 is 0 Å². The van der Waals surface area contributed by atoms with Crippen LogP contribution in [0.2, 0.25) is 0 Å². The molecule has 0 bridgehead atoms. The summed E-state index contributed by atoms with van der Waals surface area (Å²) in [5.74, 6) is 0. The first-order valence-corrected chi connectivity index (χ1v) is 8.72. The maximum atomic E-state index is 12.6. The van der Waals surface area contributed by atoms with Gasteiger partial charge < -0.3 is 9.30 Å². The van der Waals surface area contributed by atoms with Gasteiger partial charge in [0, 0.05) is 30.1 Å². The van der Waals surface area contributed by atoms with E-state index in [2.05, 4.69) is 31.4 Å². The van der Waals surface area contributed by atoms with Crippen molar-refractivity contribution in [3.8, 4) is 0 Å². The number of aryl methyl sites for hydroxylation is 1. The quantitative estimate of drug-likeness (QED) is 0.607. The van der Waals surface area contributed by atoms with E-state index in [0.29, 0.717) is 6.10 Å². The summed E-state index contributed by atoms with van der Waals surface area (Å²) in [6, 6.07) is 7.84. The second-order valence-corrected chi connectivity index (χ2v) is 7.48. The summed E-state index contributed by atoms with van der Waals surface area (Å²) in [6.07, 6.45) is 5.57. The lowest BCUT2D eigenvalue weighted by Crippen LogP contribution is -2.16. The van der Waals surface area contributed by atoms with E-state index in [1.807, 2.05) is 38.2 Å². The summed E-state index contributed by atoms with van der Waals surface area (Å²) in [5.41, 5.74) is 4.54. The zero-order chi connectivity index (χ0) is 17.5. The normalized spacial score (nSPS) is 19.7. The summed E-state index contributed by atoms with van der Waals surface area (Å²) in [4.78, 5) is 12.6. The van der Waals surface area contributed by atoms with Gasteiger partial charge in [-0.1, -0.05) is 23.8 Å². The smallest absolute Gasteiger partial charge is 0.192 e. The molecule has 0 saturated carbocycles. The lowest BCUT2D eigenvalue weighted by Gasteiger charge is -2.14. The molecular weight excluding hydrogens is 298 g/mol. The molecule has 1 aliphatic heterocycles. The van der Waals surface area contributed by atoms with Gasteiger partial charge in [-0.15, -0.1) is 0 Å². The number of ether oxygens (including phenoxy) is 1. The molecule has 1 aliphatic rings. The van der Waals surface area contributed by atoms with Crippen molar-refractivity contribution in [1.29, 1.82) is 0 Å². The molecule has 0 aliphatic carbocycles. The maximum Gasteiger partial charge on any atom is 0.192 e. The van der Waals surface area contributed by atoms with Crippen molar-refractivity contribution in [1.82, 2.24) is 4.57 Å². The van der Waals surface area contributed by atoms with Crippen molar-refractivity contribution in [3.63, 3.8) is 0 Å². The molecular formula is C21H27NO2. The number of benzene rings is 1. The minimum absolute atomic E-state index is 0.0686. The number of para-hydroxylation sites is 1. The first kappa shape index (κ1) is 17.0. The van der Waals surface area contributed by atoms with Crippen LogP contribution in [0.3, 0.4) is 0 Å². The molecule has 2 heterocycles. The van der Waals surface area contributed by atoms with Crippen LogP contribution in [0.1, 0.15) is 44.9 Å². The minimum Gasteiger partial charge on any atom is -0.367 e. The minimum atomic E-state index is 0.0686. The first-order chi connectivity index (χ1) is 11.3. The number of epoxide rings is 1. The molecule has 3 nitrogen and oxygen atoms in total. The van der Waals surface area contributed by atoms with Crippen LogP contribution in [-0.4, -0.2) is 16.3 Å². The monoisotopic (exact) mass is 325 g/mol. The Hall–Kier alpha value is -1.87. The van der Waals surface area contributed by atoms with Gasteiger partial charge >= 0.3 is 0 Å². The number of allylic oxidation sites excluding steroid dienone is 2. The maximum absolute atomic E-state index is 12.6. The topological polar surface area (TPSA) is 34.5 Å². The van der Waals surface area contributed by atoms with Crippen LogP contribution in [0.15, 0.2) is 40.7 Å². The van der Waals surface area contributed by atoms with E-state index in [4.69, 9.17) is 4.74 Å². The zero-order valence-electron chi connectivity index (χ0n) is 15.3. The van der Waals surface area contributed by atoms with Gasteiger partial charge in [-0.2, -0.15) is 0 Å². The number of hydrogen-bond donors (Lipinski definition) is 0. The highest BCUT2D eigenvalue weighted by atomic mass is 16.6. The third-order valence-corrected chi connectivity index (χ3v) is 5.30. The van der Waals surface area contributed by atoms with Gasteiger partial charge in [0.05, 0.1) is 17.2 Å². The Morgan fingerprint density at radius 1 is 1.33 bits per heavy atom. The van der Waals surface area contributed by atoms with Crippen LogP contribution >= 0.6 is 0 Å². The third kappa shape index (κ3) is 3.18. The molecule has 1 fully saturated rings. The van der Waals surface area contributed by atoms with Crippen LogP contribution in [-0.2, 0) is 18.2 Å². The summed E-state index contributed by atoms with van der Waals surface area (Å²) in [7, 11) is 2.05. The molecule has 1 atom stereocenters. The molecule has 0 radical (unpaired) electrons. The number of pyridine rings is 1. The highest BCUT2D eigenvalue weighted by molar-refractivity contribution is 5.80. The predicted octanol–water partition coefficient (Wildman–Crippen LogP) is 4.29. The Balaban J connectivity index is 1.80. The van der Waals surface area contributed by atoms with E-state index in [1.165, 1.54) is 5.57 Å². The second kappa shape index (κ2) is 6.21. The third-order valence-electron chi connectivity index (χ3n) is 5.30. The molecule has 3 heteroatoms. The second-order valence-electron chi connectivity index (χ2n) is 7.48. The molecule has 3 rings (SSSR count). The van der Waals surface area contributed by atoms with E-state index in [-0.39, 0.29) is 11.0 Å². The molecule has 0 amide bonds. The molecule has 0 unspecified atom stereocenters. The van der Waals surface area contributed by atoms with Gasteiger partial charge in [0.1, 0.15) is 0 Å². The summed E-state index contributed by atoms with van der Waals surface area (Å²) >= 11 is 0. The fraction of sp³-hybridized carbons (Fsp3) is 0.476. The van der Waals surface area contributed by atoms with Crippen molar-refractivity contribution in [2.24, 2.45) is 7.05 Å².